The number of benzene rings is 2. The number of fused-ring (bicyclic) bond motifs is 1. The van der Waals surface area contributed by atoms with Crippen LogP contribution in [0.4, 0.5) is 0 Å². The van der Waals surface area contributed by atoms with Gasteiger partial charge in [0.2, 0.25) is 0 Å². The summed E-state index contributed by atoms with van der Waals surface area (Å²) in [4.78, 5) is 4.94. The lowest BCUT2D eigenvalue weighted by molar-refractivity contribution is 0.134. The summed E-state index contributed by atoms with van der Waals surface area (Å²) in [5.41, 5.74) is 1.13. The van der Waals surface area contributed by atoms with Gasteiger partial charge >= 0.3 is 0 Å². The van der Waals surface area contributed by atoms with Crippen LogP contribution in [-0.2, 0) is 11.4 Å². The van der Waals surface area contributed by atoms with E-state index < -0.39 is 0 Å². The van der Waals surface area contributed by atoms with Crippen LogP contribution in [0.2, 0.25) is 0 Å². The third-order valence-corrected chi connectivity index (χ3v) is 2.19. The van der Waals surface area contributed by atoms with Crippen LogP contribution >= 0.6 is 0 Å². The van der Waals surface area contributed by atoms with E-state index in [1.54, 1.807) is 0 Å². The highest BCUT2D eigenvalue weighted by Crippen LogP contribution is 2.18. The molecular weight excluding hydrogens is 174 g/mol. The second kappa shape index (κ2) is 3.92. The van der Waals surface area contributed by atoms with Crippen molar-refractivity contribution in [3.8, 4) is 0 Å². The Balaban J connectivity index is 2.48. The van der Waals surface area contributed by atoms with Gasteiger partial charge in [-0.3, -0.25) is 0 Å². The van der Waals surface area contributed by atoms with Gasteiger partial charge < -0.3 is 4.84 Å². The van der Waals surface area contributed by atoms with Crippen LogP contribution in [0, 0.1) is 0 Å². The second-order valence-corrected chi connectivity index (χ2v) is 3.04. The van der Waals surface area contributed by atoms with Gasteiger partial charge in [0.1, 0.15) is 6.61 Å². The van der Waals surface area contributed by atoms with Gasteiger partial charge in [0.05, 0.1) is 0 Å². The molecule has 0 saturated carbocycles. The first-order valence-electron chi connectivity index (χ1n) is 4.46. The third-order valence-electron chi connectivity index (χ3n) is 2.19. The topological polar surface area (TPSA) is 21.6 Å². The fourth-order valence-electron chi connectivity index (χ4n) is 1.53. The Morgan fingerprint density at radius 1 is 1.07 bits per heavy atom. The Hall–Kier alpha value is -1.83. The Labute approximate surface area is 82.8 Å². The summed E-state index contributed by atoms with van der Waals surface area (Å²) < 4.78 is 0. The molecular formula is C12H11NO. The van der Waals surface area contributed by atoms with E-state index in [0.717, 1.165) is 5.56 Å². The summed E-state index contributed by atoms with van der Waals surface area (Å²) in [6, 6.07) is 14.3. The summed E-state index contributed by atoms with van der Waals surface area (Å²) >= 11 is 0. The summed E-state index contributed by atoms with van der Waals surface area (Å²) in [7, 11) is 0. The molecule has 2 rings (SSSR count). The van der Waals surface area contributed by atoms with Crippen LogP contribution < -0.4 is 0 Å². The quantitative estimate of drug-likeness (QED) is 0.532. The Bertz CT molecular complexity index is 446. The zero-order valence-electron chi connectivity index (χ0n) is 7.81. The first kappa shape index (κ1) is 8.75. The highest BCUT2D eigenvalue weighted by Gasteiger charge is 1.99. The fourth-order valence-corrected chi connectivity index (χ4v) is 1.53. The molecule has 2 nitrogen and oxygen atoms in total. The number of hydrogen-bond acceptors (Lipinski definition) is 2. The Morgan fingerprint density at radius 2 is 1.86 bits per heavy atom. The van der Waals surface area contributed by atoms with Crippen molar-refractivity contribution in [2.75, 3.05) is 0 Å². The van der Waals surface area contributed by atoms with Gasteiger partial charge in [-0.15, -0.1) is 5.16 Å². The third kappa shape index (κ3) is 1.59. The molecule has 0 saturated heterocycles. The van der Waals surface area contributed by atoms with E-state index in [9.17, 15) is 0 Å². The summed E-state index contributed by atoms with van der Waals surface area (Å²) in [5, 5.41) is 5.81. The summed E-state index contributed by atoms with van der Waals surface area (Å²) in [6.07, 6.45) is 0. The normalized spacial score (nSPS) is 10.0. The molecule has 0 atom stereocenters. The van der Waals surface area contributed by atoms with Gasteiger partial charge in [0.15, 0.2) is 0 Å². The molecule has 0 amide bonds. The van der Waals surface area contributed by atoms with E-state index in [0.29, 0.717) is 6.61 Å². The molecule has 0 aliphatic carbocycles. The van der Waals surface area contributed by atoms with Crippen LogP contribution in [-0.4, -0.2) is 6.72 Å². The number of oxime groups is 1. The minimum atomic E-state index is 0.477. The molecule has 0 N–H and O–H groups in total. The first-order valence-corrected chi connectivity index (χ1v) is 4.46. The van der Waals surface area contributed by atoms with E-state index in [-0.39, 0.29) is 0 Å². The molecule has 0 fully saturated rings. The van der Waals surface area contributed by atoms with Crippen LogP contribution in [0.5, 0.6) is 0 Å². The smallest absolute Gasteiger partial charge is 0.142 e. The maximum absolute atomic E-state index is 4.94. The molecule has 70 valence electrons. The molecule has 0 radical (unpaired) electrons. The van der Waals surface area contributed by atoms with E-state index >= 15 is 0 Å². The Kier molecular flexibility index (Phi) is 2.45. The zero-order valence-corrected chi connectivity index (χ0v) is 7.81. The van der Waals surface area contributed by atoms with Gasteiger partial charge in [0.25, 0.3) is 0 Å². The standard InChI is InChI=1S/C12H11NO/c1-13-14-9-11-7-4-6-10-5-2-3-8-12(10)11/h2-8H,1,9H2. The predicted molar refractivity (Wildman–Crippen MR) is 58.3 cm³/mol. The lowest BCUT2D eigenvalue weighted by Gasteiger charge is -2.04. The Morgan fingerprint density at radius 3 is 2.71 bits per heavy atom. The van der Waals surface area contributed by atoms with Crippen molar-refractivity contribution < 1.29 is 4.84 Å². The van der Waals surface area contributed by atoms with Gasteiger partial charge in [-0.2, -0.15) is 0 Å². The second-order valence-electron chi connectivity index (χ2n) is 3.04. The van der Waals surface area contributed by atoms with Crippen molar-refractivity contribution >= 4 is 17.5 Å². The molecule has 0 spiro atoms. The molecule has 2 heteroatoms. The largest absolute Gasteiger partial charge is 0.391 e. The average Bonchev–Trinajstić information content (AvgIpc) is 2.26. The van der Waals surface area contributed by atoms with Crippen molar-refractivity contribution in [1.29, 1.82) is 0 Å². The van der Waals surface area contributed by atoms with Crippen molar-refractivity contribution in [3.63, 3.8) is 0 Å². The van der Waals surface area contributed by atoms with Crippen LogP contribution in [0.1, 0.15) is 5.56 Å². The van der Waals surface area contributed by atoms with E-state index in [1.165, 1.54) is 10.8 Å². The summed E-state index contributed by atoms with van der Waals surface area (Å²) in [5.74, 6) is 0. The van der Waals surface area contributed by atoms with Crippen LogP contribution in [0.25, 0.3) is 10.8 Å². The molecule has 0 bridgehead atoms. The van der Waals surface area contributed by atoms with Crippen molar-refractivity contribution in [1.82, 2.24) is 0 Å². The number of nitrogens with zero attached hydrogens (tertiary/aromatic N) is 1. The molecule has 0 aliphatic heterocycles. The fraction of sp³-hybridized carbons (Fsp3) is 0.0833. The SMILES string of the molecule is C=NOCc1cccc2ccccc12. The molecule has 0 aliphatic rings. The lowest BCUT2D eigenvalue weighted by atomic mass is 10.1. The average molecular weight is 185 g/mol. The van der Waals surface area contributed by atoms with Crippen LogP contribution in [0.15, 0.2) is 47.6 Å². The molecule has 2 aromatic rings. The molecule has 14 heavy (non-hydrogen) atoms. The summed E-state index contributed by atoms with van der Waals surface area (Å²) in [6.45, 7) is 3.76. The van der Waals surface area contributed by atoms with Crippen molar-refractivity contribution in [2.24, 2.45) is 5.16 Å². The minimum Gasteiger partial charge on any atom is -0.391 e. The highest BCUT2D eigenvalue weighted by atomic mass is 16.6. The molecule has 2 aromatic carbocycles. The van der Waals surface area contributed by atoms with Gasteiger partial charge in [0, 0.05) is 6.72 Å². The van der Waals surface area contributed by atoms with Crippen molar-refractivity contribution in [3.05, 3.63) is 48.0 Å². The van der Waals surface area contributed by atoms with Crippen molar-refractivity contribution in [2.45, 2.75) is 6.61 Å². The highest BCUT2D eigenvalue weighted by molar-refractivity contribution is 5.85. The van der Waals surface area contributed by atoms with Gasteiger partial charge in [-0.1, -0.05) is 42.5 Å². The number of rotatable bonds is 3. The van der Waals surface area contributed by atoms with E-state index in [1.807, 2.05) is 24.3 Å². The monoisotopic (exact) mass is 185 g/mol. The molecule has 0 aromatic heterocycles. The maximum atomic E-state index is 4.94. The van der Waals surface area contributed by atoms with E-state index in [2.05, 4.69) is 30.1 Å². The van der Waals surface area contributed by atoms with Gasteiger partial charge in [-0.05, 0) is 16.3 Å². The maximum Gasteiger partial charge on any atom is 0.142 e. The minimum absolute atomic E-state index is 0.477. The molecule has 0 heterocycles. The van der Waals surface area contributed by atoms with Gasteiger partial charge in [-0.25, -0.2) is 0 Å². The first-order chi connectivity index (χ1) is 6.92. The number of hydrogen-bond donors (Lipinski definition) is 0. The lowest BCUT2D eigenvalue weighted by Crippen LogP contribution is -1.87. The molecule has 0 unspecified atom stereocenters. The van der Waals surface area contributed by atoms with E-state index in [4.69, 9.17) is 4.84 Å². The predicted octanol–water partition coefficient (Wildman–Crippen LogP) is 2.97. The zero-order chi connectivity index (χ0) is 9.80. The van der Waals surface area contributed by atoms with Crippen LogP contribution in [0.3, 0.4) is 0 Å².